The number of rotatable bonds is 6. The molecule has 1 aromatic carbocycles. The van der Waals surface area contributed by atoms with Gasteiger partial charge in [-0.15, -0.1) is 0 Å². The van der Waals surface area contributed by atoms with Gasteiger partial charge in [-0.2, -0.15) is 0 Å². The van der Waals surface area contributed by atoms with Crippen LogP contribution < -0.4 is 4.74 Å². The summed E-state index contributed by atoms with van der Waals surface area (Å²) in [5, 5.41) is -0.572. The summed E-state index contributed by atoms with van der Waals surface area (Å²) in [5.41, 5.74) is 0. The van der Waals surface area contributed by atoms with Gasteiger partial charge in [0.15, 0.2) is 0 Å². The van der Waals surface area contributed by atoms with Crippen molar-refractivity contribution in [3.63, 3.8) is 0 Å². The SMILES string of the molecule is C/C=C/CCC1CCC(C2CCC3C(CCCC3C(=O)Oc3cc(F)c(Cl)c(F)c3)C2)CC1. The van der Waals surface area contributed by atoms with Crippen molar-refractivity contribution in [1.29, 1.82) is 0 Å². The van der Waals surface area contributed by atoms with E-state index >= 15 is 0 Å². The Bertz CT molecular complexity index is 823. The Balaban J connectivity index is 1.31. The van der Waals surface area contributed by atoms with Crippen LogP contribution >= 0.6 is 11.6 Å². The van der Waals surface area contributed by atoms with Gasteiger partial charge in [0, 0.05) is 12.1 Å². The number of hydrogen-bond donors (Lipinski definition) is 0. The van der Waals surface area contributed by atoms with E-state index in [1.54, 1.807) is 0 Å². The molecule has 3 aliphatic rings. The molecule has 2 nitrogen and oxygen atoms in total. The number of allylic oxidation sites excluding steroid dienone is 2. The summed E-state index contributed by atoms with van der Waals surface area (Å²) >= 11 is 5.55. The number of ether oxygens (including phenoxy) is 1. The predicted molar refractivity (Wildman–Crippen MR) is 128 cm³/mol. The molecule has 4 rings (SSSR count). The lowest BCUT2D eigenvalue weighted by atomic mass is 9.59. The van der Waals surface area contributed by atoms with Crippen LogP contribution in [-0.4, -0.2) is 5.97 Å². The number of fused-ring (bicyclic) bond motifs is 1. The number of hydrogen-bond acceptors (Lipinski definition) is 2. The fraction of sp³-hybridized carbons (Fsp3) is 0.679. The number of benzene rings is 1. The zero-order chi connectivity index (χ0) is 23.4. The molecular weight excluding hydrogens is 442 g/mol. The smallest absolute Gasteiger partial charge is 0.314 e. The van der Waals surface area contributed by atoms with E-state index in [4.69, 9.17) is 16.3 Å². The average molecular weight is 479 g/mol. The topological polar surface area (TPSA) is 26.3 Å². The van der Waals surface area contributed by atoms with Crippen LogP contribution in [0, 0.1) is 47.1 Å². The number of carbonyl (C=O) groups excluding carboxylic acids is 1. The maximum Gasteiger partial charge on any atom is 0.314 e. The van der Waals surface area contributed by atoms with E-state index < -0.39 is 16.7 Å². The summed E-state index contributed by atoms with van der Waals surface area (Å²) in [6.07, 6.45) is 19.0. The molecule has 3 fully saturated rings. The van der Waals surface area contributed by atoms with Gasteiger partial charge in [0.2, 0.25) is 0 Å². The molecule has 4 atom stereocenters. The van der Waals surface area contributed by atoms with Crippen molar-refractivity contribution in [1.82, 2.24) is 0 Å². The van der Waals surface area contributed by atoms with Crippen LogP contribution in [0.25, 0.3) is 0 Å². The van der Waals surface area contributed by atoms with E-state index in [9.17, 15) is 13.6 Å². The van der Waals surface area contributed by atoms with Crippen LogP contribution in [0.3, 0.4) is 0 Å². The van der Waals surface area contributed by atoms with Crippen molar-refractivity contribution >= 4 is 17.6 Å². The highest BCUT2D eigenvalue weighted by Crippen LogP contribution is 2.50. The molecule has 0 amide bonds. The van der Waals surface area contributed by atoms with Crippen molar-refractivity contribution in [2.45, 2.75) is 84.0 Å². The molecule has 0 N–H and O–H groups in total. The van der Waals surface area contributed by atoms with Crippen molar-refractivity contribution in [3.05, 3.63) is 40.9 Å². The van der Waals surface area contributed by atoms with Crippen LogP contribution in [0.5, 0.6) is 5.75 Å². The summed E-state index contributed by atoms with van der Waals surface area (Å²) in [4.78, 5) is 13.0. The fourth-order valence-electron chi connectivity index (χ4n) is 6.95. The lowest BCUT2D eigenvalue weighted by Gasteiger charge is -2.46. The molecule has 182 valence electrons. The van der Waals surface area contributed by atoms with E-state index in [1.165, 1.54) is 57.8 Å². The van der Waals surface area contributed by atoms with E-state index in [-0.39, 0.29) is 17.6 Å². The molecule has 0 radical (unpaired) electrons. The van der Waals surface area contributed by atoms with Crippen molar-refractivity contribution in [2.75, 3.05) is 0 Å². The van der Waals surface area contributed by atoms with Crippen molar-refractivity contribution in [2.24, 2.45) is 35.5 Å². The van der Waals surface area contributed by atoms with Gasteiger partial charge in [-0.25, -0.2) is 8.78 Å². The molecule has 1 aromatic rings. The molecule has 5 heteroatoms. The average Bonchev–Trinajstić information content (AvgIpc) is 2.82. The molecule has 0 bridgehead atoms. The second kappa shape index (κ2) is 11.3. The Morgan fingerprint density at radius 2 is 1.70 bits per heavy atom. The maximum atomic E-state index is 13.8. The van der Waals surface area contributed by atoms with Crippen molar-refractivity contribution < 1.29 is 18.3 Å². The van der Waals surface area contributed by atoms with E-state index in [0.717, 1.165) is 49.1 Å². The molecule has 0 heterocycles. The molecular formula is C28H37ClF2O2. The third-order valence-corrected chi connectivity index (χ3v) is 9.06. The zero-order valence-corrected chi connectivity index (χ0v) is 20.5. The normalized spacial score (nSPS) is 32.5. The van der Waals surface area contributed by atoms with Gasteiger partial charge in [-0.05, 0) is 87.9 Å². The highest BCUT2D eigenvalue weighted by atomic mass is 35.5. The molecule has 33 heavy (non-hydrogen) atoms. The molecule has 0 spiro atoms. The standard InChI is InChI=1S/C28H37ClF2O2/c1-2-3-4-6-18-9-11-19(12-10-18)20-13-14-23-21(15-20)7-5-8-24(23)28(32)33-22-16-25(30)27(29)26(31)17-22/h2-3,16-21,23-24H,4-15H2,1H3/b3-2+. The van der Waals surface area contributed by atoms with Crippen LogP contribution in [0.2, 0.25) is 5.02 Å². The van der Waals surface area contributed by atoms with Crippen LogP contribution in [-0.2, 0) is 4.79 Å². The summed E-state index contributed by atoms with van der Waals surface area (Å²) in [5.74, 6) is 1.01. The van der Waals surface area contributed by atoms with Gasteiger partial charge < -0.3 is 4.74 Å². The third kappa shape index (κ3) is 5.99. The second-order valence-electron chi connectivity index (χ2n) is 10.6. The van der Waals surface area contributed by atoms with Crippen LogP contribution in [0.4, 0.5) is 8.78 Å². The highest BCUT2D eigenvalue weighted by Gasteiger charge is 2.43. The Kier molecular flexibility index (Phi) is 8.48. The van der Waals surface area contributed by atoms with Gasteiger partial charge >= 0.3 is 5.97 Å². The van der Waals surface area contributed by atoms with Crippen LogP contribution in [0.15, 0.2) is 24.3 Å². The molecule has 3 aliphatic carbocycles. The lowest BCUT2D eigenvalue weighted by molar-refractivity contribution is -0.144. The Morgan fingerprint density at radius 3 is 2.39 bits per heavy atom. The first-order valence-electron chi connectivity index (χ1n) is 12.9. The first-order valence-corrected chi connectivity index (χ1v) is 13.3. The maximum absolute atomic E-state index is 13.8. The Labute approximate surface area is 202 Å². The highest BCUT2D eigenvalue weighted by molar-refractivity contribution is 6.30. The minimum Gasteiger partial charge on any atom is -0.426 e. The summed E-state index contributed by atoms with van der Waals surface area (Å²) < 4.78 is 32.9. The fourth-order valence-corrected chi connectivity index (χ4v) is 7.06. The minimum atomic E-state index is -0.905. The monoisotopic (exact) mass is 478 g/mol. The third-order valence-electron chi connectivity index (χ3n) is 8.70. The van der Waals surface area contributed by atoms with Crippen LogP contribution in [0.1, 0.15) is 84.0 Å². The van der Waals surface area contributed by atoms with Gasteiger partial charge in [0.1, 0.15) is 22.4 Å². The van der Waals surface area contributed by atoms with E-state index in [2.05, 4.69) is 19.1 Å². The van der Waals surface area contributed by atoms with Gasteiger partial charge in [0.05, 0.1) is 5.92 Å². The van der Waals surface area contributed by atoms with Gasteiger partial charge in [-0.3, -0.25) is 4.79 Å². The minimum absolute atomic E-state index is 0.0959. The van der Waals surface area contributed by atoms with E-state index in [1.807, 2.05) is 0 Å². The summed E-state index contributed by atoms with van der Waals surface area (Å²) in [6.45, 7) is 2.10. The molecule has 0 aliphatic heterocycles. The molecule has 0 saturated heterocycles. The summed E-state index contributed by atoms with van der Waals surface area (Å²) in [6, 6.07) is 1.99. The van der Waals surface area contributed by atoms with E-state index in [0.29, 0.717) is 11.8 Å². The second-order valence-corrected chi connectivity index (χ2v) is 11.0. The van der Waals surface area contributed by atoms with Gasteiger partial charge in [0.25, 0.3) is 0 Å². The summed E-state index contributed by atoms with van der Waals surface area (Å²) in [7, 11) is 0. The quantitative estimate of drug-likeness (QED) is 0.177. The largest absolute Gasteiger partial charge is 0.426 e. The number of carbonyl (C=O) groups is 1. The number of esters is 1. The number of halogens is 3. The first-order chi connectivity index (χ1) is 16.0. The Hall–Kier alpha value is -1.42. The lowest BCUT2D eigenvalue weighted by Crippen LogP contribution is -2.40. The molecule has 3 saturated carbocycles. The van der Waals surface area contributed by atoms with Crippen molar-refractivity contribution in [3.8, 4) is 5.75 Å². The molecule has 4 unspecified atom stereocenters. The first kappa shape index (κ1) is 24.7. The Morgan fingerprint density at radius 1 is 1.00 bits per heavy atom. The van der Waals surface area contributed by atoms with Gasteiger partial charge in [-0.1, -0.05) is 49.4 Å². The molecule has 0 aromatic heterocycles. The predicted octanol–water partition coefficient (Wildman–Crippen LogP) is 8.52. The zero-order valence-electron chi connectivity index (χ0n) is 19.7.